The summed E-state index contributed by atoms with van der Waals surface area (Å²) in [5, 5.41) is 11.3. The van der Waals surface area contributed by atoms with Crippen LogP contribution in [-0.2, 0) is 6.54 Å². The van der Waals surface area contributed by atoms with Crippen molar-refractivity contribution in [3.05, 3.63) is 34.6 Å². The average molecular weight is 320 g/mol. The fourth-order valence-electron chi connectivity index (χ4n) is 1.54. The van der Waals surface area contributed by atoms with E-state index in [1.807, 2.05) is 31.2 Å². The molecule has 0 spiro atoms. The zero-order valence-corrected chi connectivity index (χ0v) is 12.2. The fourth-order valence-corrected chi connectivity index (χ4v) is 1.99. The highest BCUT2D eigenvalue weighted by Crippen LogP contribution is 2.26. The van der Waals surface area contributed by atoms with Crippen LogP contribution in [0.4, 0.5) is 0 Å². The molecule has 0 saturated heterocycles. The molecule has 1 aromatic heterocycles. The largest absolute Gasteiger partial charge is 0.419 e. The lowest BCUT2D eigenvalue weighted by Gasteiger charge is -1.98. The third-order valence-electron chi connectivity index (χ3n) is 2.45. The van der Waals surface area contributed by atoms with Gasteiger partial charge >= 0.3 is 0 Å². The van der Waals surface area contributed by atoms with E-state index in [1.165, 1.54) is 0 Å². The molecule has 0 radical (unpaired) electrons. The maximum atomic E-state index is 5.61. The second-order valence-corrected chi connectivity index (χ2v) is 4.69. The van der Waals surface area contributed by atoms with Gasteiger partial charge in [0.1, 0.15) is 0 Å². The molecule has 98 valence electrons. The third-order valence-corrected chi connectivity index (χ3v) is 3.14. The maximum Gasteiger partial charge on any atom is 0.248 e. The lowest BCUT2D eigenvalue weighted by atomic mass is 10.2. The molecular formula is C14H14BrN3O. The number of hydrogen-bond acceptors (Lipinski definition) is 4. The number of nitrogens with one attached hydrogen (secondary N) is 1. The number of aromatic nitrogens is 2. The summed E-state index contributed by atoms with van der Waals surface area (Å²) < 4.78 is 6.55. The second-order valence-electron chi connectivity index (χ2n) is 3.83. The fraction of sp³-hybridized carbons (Fsp3) is 0.286. The van der Waals surface area contributed by atoms with Crippen LogP contribution in [-0.4, -0.2) is 16.7 Å². The summed E-state index contributed by atoms with van der Waals surface area (Å²) in [6.45, 7) is 3.21. The summed E-state index contributed by atoms with van der Waals surface area (Å²) >= 11 is 3.46. The molecule has 1 heterocycles. The lowest BCUT2D eigenvalue weighted by molar-refractivity contribution is 0.479. The predicted molar refractivity (Wildman–Crippen MR) is 77.2 cm³/mol. The molecule has 1 N–H and O–H groups in total. The van der Waals surface area contributed by atoms with Gasteiger partial charge in [0.15, 0.2) is 0 Å². The Morgan fingerprint density at radius 3 is 2.95 bits per heavy atom. The standard InChI is InChI=1S/C14H14BrN3O/c1-2-3-6-9-16-10-13-17-18-14(19-13)11-7-4-5-8-12(11)15/h4-5,7-8,16H,6,9-10H2,1H3. The van der Waals surface area contributed by atoms with Gasteiger partial charge in [0.2, 0.25) is 11.8 Å². The monoisotopic (exact) mass is 319 g/mol. The van der Waals surface area contributed by atoms with Crippen LogP contribution in [0.25, 0.3) is 11.5 Å². The molecule has 2 rings (SSSR count). The van der Waals surface area contributed by atoms with Gasteiger partial charge in [-0.3, -0.25) is 0 Å². The van der Waals surface area contributed by atoms with Crippen molar-refractivity contribution in [3.63, 3.8) is 0 Å². The van der Waals surface area contributed by atoms with Gasteiger partial charge in [0.05, 0.1) is 12.1 Å². The quantitative estimate of drug-likeness (QED) is 0.680. The van der Waals surface area contributed by atoms with Crippen molar-refractivity contribution in [2.75, 3.05) is 6.54 Å². The van der Waals surface area contributed by atoms with Gasteiger partial charge in [-0.25, -0.2) is 0 Å². The summed E-state index contributed by atoms with van der Waals surface area (Å²) in [5.41, 5.74) is 0.901. The first kappa shape index (κ1) is 13.8. The first-order valence-electron chi connectivity index (χ1n) is 5.99. The van der Waals surface area contributed by atoms with Crippen LogP contribution in [0.1, 0.15) is 19.2 Å². The smallest absolute Gasteiger partial charge is 0.248 e. The molecule has 4 nitrogen and oxygen atoms in total. The van der Waals surface area contributed by atoms with Gasteiger partial charge < -0.3 is 9.73 Å². The molecule has 0 bridgehead atoms. The van der Waals surface area contributed by atoms with E-state index in [2.05, 4.69) is 43.3 Å². The third kappa shape index (κ3) is 3.91. The van der Waals surface area contributed by atoms with Gasteiger partial charge in [0, 0.05) is 17.4 Å². The van der Waals surface area contributed by atoms with Crippen molar-refractivity contribution < 1.29 is 4.42 Å². The average Bonchev–Trinajstić information content (AvgIpc) is 2.88. The van der Waals surface area contributed by atoms with E-state index >= 15 is 0 Å². The summed E-state index contributed by atoms with van der Waals surface area (Å²) in [7, 11) is 0. The van der Waals surface area contributed by atoms with Crippen LogP contribution >= 0.6 is 15.9 Å². The molecular weight excluding hydrogens is 306 g/mol. The van der Waals surface area contributed by atoms with Crippen LogP contribution in [0.15, 0.2) is 33.2 Å². The van der Waals surface area contributed by atoms with E-state index in [9.17, 15) is 0 Å². The van der Waals surface area contributed by atoms with Crippen LogP contribution in [0.3, 0.4) is 0 Å². The van der Waals surface area contributed by atoms with Crippen LogP contribution < -0.4 is 5.32 Å². The van der Waals surface area contributed by atoms with Gasteiger partial charge in [-0.1, -0.05) is 12.1 Å². The van der Waals surface area contributed by atoms with Crippen molar-refractivity contribution in [2.45, 2.75) is 19.9 Å². The Morgan fingerprint density at radius 2 is 2.16 bits per heavy atom. The summed E-state index contributed by atoms with van der Waals surface area (Å²) in [5.74, 6) is 6.94. The minimum atomic E-state index is 0.526. The summed E-state index contributed by atoms with van der Waals surface area (Å²) in [6.07, 6.45) is 0.821. The minimum absolute atomic E-state index is 0.526. The van der Waals surface area contributed by atoms with Crippen LogP contribution in [0.5, 0.6) is 0 Å². The highest BCUT2D eigenvalue weighted by molar-refractivity contribution is 9.10. The Balaban J connectivity index is 1.95. The highest BCUT2D eigenvalue weighted by Gasteiger charge is 2.10. The van der Waals surface area contributed by atoms with Crippen molar-refractivity contribution in [1.82, 2.24) is 15.5 Å². The summed E-state index contributed by atoms with van der Waals surface area (Å²) in [4.78, 5) is 0. The molecule has 0 unspecified atom stereocenters. The predicted octanol–water partition coefficient (Wildman–Crippen LogP) is 3.00. The molecule has 0 atom stereocenters. The Hall–Kier alpha value is -1.64. The zero-order chi connectivity index (χ0) is 13.5. The first-order chi connectivity index (χ1) is 9.31. The number of rotatable bonds is 5. The molecule has 0 saturated carbocycles. The SMILES string of the molecule is CC#CCCNCc1nnc(-c2ccccc2Br)o1. The van der Waals surface area contributed by atoms with E-state index in [1.54, 1.807) is 0 Å². The highest BCUT2D eigenvalue weighted by atomic mass is 79.9. The van der Waals surface area contributed by atoms with E-state index in [-0.39, 0.29) is 0 Å². The normalized spacial score (nSPS) is 10.0. The number of hydrogen-bond donors (Lipinski definition) is 1. The van der Waals surface area contributed by atoms with Crippen molar-refractivity contribution in [1.29, 1.82) is 0 Å². The second kappa shape index (κ2) is 7.07. The van der Waals surface area contributed by atoms with Crippen LogP contribution in [0, 0.1) is 11.8 Å². The lowest BCUT2D eigenvalue weighted by Crippen LogP contribution is -2.14. The van der Waals surface area contributed by atoms with E-state index in [0.717, 1.165) is 23.0 Å². The van der Waals surface area contributed by atoms with Crippen molar-refractivity contribution in [3.8, 4) is 23.3 Å². The molecule has 0 fully saturated rings. The molecule has 19 heavy (non-hydrogen) atoms. The number of nitrogens with zero attached hydrogens (tertiary/aromatic N) is 2. The molecule has 0 aliphatic rings. The van der Waals surface area contributed by atoms with E-state index in [4.69, 9.17) is 4.42 Å². The topological polar surface area (TPSA) is 51.0 Å². The van der Waals surface area contributed by atoms with E-state index in [0.29, 0.717) is 18.3 Å². The van der Waals surface area contributed by atoms with Crippen LogP contribution in [0.2, 0.25) is 0 Å². The number of benzene rings is 1. The first-order valence-corrected chi connectivity index (χ1v) is 6.78. The van der Waals surface area contributed by atoms with Crippen molar-refractivity contribution >= 4 is 15.9 Å². The Morgan fingerprint density at radius 1 is 1.32 bits per heavy atom. The Kier molecular flexibility index (Phi) is 5.13. The van der Waals surface area contributed by atoms with Gasteiger partial charge in [-0.15, -0.1) is 22.0 Å². The minimum Gasteiger partial charge on any atom is -0.419 e. The van der Waals surface area contributed by atoms with Gasteiger partial charge in [0.25, 0.3) is 0 Å². The molecule has 2 aromatic rings. The Bertz CT molecular complexity index is 598. The molecule has 5 heteroatoms. The van der Waals surface area contributed by atoms with E-state index < -0.39 is 0 Å². The van der Waals surface area contributed by atoms with Crippen molar-refractivity contribution in [2.24, 2.45) is 0 Å². The molecule has 0 aliphatic heterocycles. The Labute approximate surface area is 120 Å². The van der Waals surface area contributed by atoms with Gasteiger partial charge in [-0.2, -0.15) is 0 Å². The molecule has 0 aliphatic carbocycles. The molecule has 0 amide bonds. The number of halogens is 1. The summed E-state index contributed by atoms with van der Waals surface area (Å²) in [6, 6.07) is 7.76. The zero-order valence-electron chi connectivity index (χ0n) is 10.6. The van der Waals surface area contributed by atoms with Gasteiger partial charge in [-0.05, 0) is 35.0 Å². The molecule has 1 aromatic carbocycles. The maximum absolute atomic E-state index is 5.61.